The quantitative estimate of drug-likeness (QED) is 0.111. The second kappa shape index (κ2) is 27.9. The van der Waals surface area contributed by atoms with Gasteiger partial charge >= 0.3 is 0 Å². The van der Waals surface area contributed by atoms with Crippen molar-refractivity contribution in [2.45, 2.75) is 25.7 Å². The van der Waals surface area contributed by atoms with E-state index in [-0.39, 0.29) is 0 Å². The van der Waals surface area contributed by atoms with Gasteiger partial charge in [0.05, 0.1) is 28.3 Å². The Morgan fingerprint density at radius 2 is 0.587 bits per heavy atom. The Labute approximate surface area is 603 Å². The van der Waals surface area contributed by atoms with Gasteiger partial charge < -0.3 is 0 Å². The number of rotatable bonds is 12. The average molecular weight is 1330 g/mol. The van der Waals surface area contributed by atoms with Crippen LogP contribution in [0.4, 0.5) is 0 Å². The van der Waals surface area contributed by atoms with E-state index in [0.29, 0.717) is 11.6 Å². The Morgan fingerprint density at radius 3 is 1.00 bits per heavy atom. The van der Waals surface area contributed by atoms with Crippen LogP contribution in [0.5, 0.6) is 0 Å². The Morgan fingerprint density at radius 1 is 0.240 bits per heavy atom. The first-order valence-corrected chi connectivity index (χ1v) is 35.4. The lowest BCUT2D eigenvalue weighted by molar-refractivity contribution is 1.03. The van der Waals surface area contributed by atoms with E-state index in [2.05, 4.69) is 300 Å². The van der Waals surface area contributed by atoms with Gasteiger partial charge in [0.1, 0.15) is 0 Å². The van der Waals surface area contributed by atoms with E-state index in [0.717, 1.165) is 126 Å². The van der Waals surface area contributed by atoms with Gasteiger partial charge in [0.15, 0.2) is 11.6 Å². The van der Waals surface area contributed by atoms with Crippen LogP contribution in [0.1, 0.15) is 37.1 Å². The minimum absolute atomic E-state index is 0.707. The summed E-state index contributed by atoms with van der Waals surface area (Å²) in [4.78, 5) is 39.0. The van der Waals surface area contributed by atoms with Crippen molar-refractivity contribution in [3.05, 3.63) is 364 Å². The Bertz CT molecular complexity index is 6180. The highest BCUT2D eigenvalue weighted by atomic mass is 14.9. The average Bonchev–Trinajstić information content (AvgIpc) is 0.737. The van der Waals surface area contributed by atoms with E-state index < -0.39 is 0 Å². The van der Waals surface area contributed by atoms with Gasteiger partial charge in [-0.1, -0.05) is 243 Å². The Kier molecular flexibility index (Phi) is 16.8. The molecule has 0 saturated carbocycles. The standard InChI is InChI=1S/C50H34N4.C46H32N4/c1-2-13-33(14-3-1)46-30-47(36-17-10-16-34(27-36)39-20-12-26-51-31-39)54-50(53-46)38-19-11-18-37(29-38)48-41-21-5-7-23-43(41)49(44-24-8-6-22-42(44)48)40-28-35-15-4-9-25-45(35)52-32-40;1-2-12-31(13-3-1)42-28-43(33-15-8-14-32(26-33)36-18-10-24-47-29-36)50-46(49-42)35-17-9-16-34(27-35)44-38-20-4-6-22-40(38)45(37-19-11-25-48-30-37)41-23-7-5-21-39(41)44/h1-2,4-13,15-32H,3,14H2;1-2,4-12,14-30H,3,13H2. The minimum atomic E-state index is 0.707. The number of para-hydroxylation sites is 1. The van der Waals surface area contributed by atoms with Gasteiger partial charge in [-0.05, 0) is 191 Å². The number of benzene rings is 11. The van der Waals surface area contributed by atoms with E-state index in [1.165, 1.54) is 76.5 Å². The smallest absolute Gasteiger partial charge is 0.160 e. The number of hydrogen-bond acceptors (Lipinski definition) is 8. The zero-order chi connectivity index (χ0) is 69.1. The fourth-order valence-corrected chi connectivity index (χ4v) is 15.0. The fourth-order valence-electron chi connectivity index (χ4n) is 15.0. The Hall–Kier alpha value is -13.6. The van der Waals surface area contributed by atoms with Gasteiger partial charge in [-0.3, -0.25) is 19.9 Å². The van der Waals surface area contributed by atoms with Crippen LogP contribution < -0.4 is 0 Å². The molecule has 0 saturated heterocycles. The molecule has 0 radical (unpaired) electrons. The zero-order valence-electron chi connectivity index (χ0n) is 56.9. The highest BCUT2D eigenvalue weighted by Crippen LogP contribution is 2.47. The number of aromatic nitrogens is 8. The van der Waals surface area contributed by atoms with Crippen LogP contribution in [0.2, 0.25) is 0 Å². The summed E-state index contributed by atoms with van der Waals surface area (Å²) < 4.78 is 0. The Balaban J connectivity index is 0.000000149. The van der Waals surface area contributed by atoms with Crippen LogP contribution in [-0.4, -0.2) is 39.9 Å². The van der Waals surface area contributed by atoms with E-state index in [1.807, 2.05) is 55.2 Å². The van der Waals surface area contributed by atoms with Crippen LogP contribution >= 0.6 is 0 Å². The summed E-state index contributed by atoms with van der Waals surface area (Å²) >= 11 is 0. The summed E-state index contributed by atoms with van der Waals surface area (Å²) in [5.74, 6) is 1.42. The van der Waals surface area contributed by atoms with Crippen molar-refractivity contribution < 1.29 is 0 Å². The molecule has 0 amide bonds. The van der Waals surface area contributed by atoms with Gasteiger partial charge in [-0.15, -0.1) is 0 Å². The van der Waals surface area contributed by atoms with Crippen LogP contribution in [0.3, 0.4) is 0 Å². The van der Waals surface area contributed by atoms with Crippen LogP contribution in [-0.2, 0) is 0 Å². The summed E-state index contributed by atoms with van der Waals surface area (Å²) in [6, 6.07) is 96.6. The molecule has 0 spiro atoms. The molecule has 0 aliphatic heterocycles. The molecule has 0 atom stereocenters. The van der Waals surface area contributed by atoms with Crippen LogP contribution in [0.15, 0.2) is 353 Å². The summed E-state index contributed by atoms with van der Waals surface area (Å²) in [5, 5.41) is 10.7. The van der Waals surface area contributed by atoms with E-state index in [4.69, 9.17) is 24.9 Å². The number of nitrogens with zero attached hydrogens (tertiary/aromatic N) is 8. The van der Waals surface area contributed by atoms with Gasteiger partial charge in [-0.25, -0.2) is 19.9 Å². The van der Waals surface area contributed by atoms with E-state index >= 15 is 0 Å². The van der Waals surface area contributed by atoms with Gasteiger partial charge in [0.25, 0.3) is 0 Å². The minimum Gasteiger partial charge on any atom is -0.264 e. The van der Waals surface area contributed by atoms with Crippen molar-refractivity contribution in [3.8, 4) is 112 Å². The number of fused-ring (bicyclic) bond motifs is 5. The molecule has 0 N–H and O–H groups in total. The highest BCUT2D eigenvalue weighted by Gasteiger charge is 2.22. The first-order valence-electron chi connectivity index (χ1n) is 35.4. The monoisotopic (exact) mass is 1330 g/mol. The van der Waals surface area contributed by atoms with Gasteiger partial charge in [0.2, 0.25) is 0 Å². The maximum atomic E-state index is 5.26. The molecular formula is C96H66N8. The number of allylic oxidation sites excluding steroid dienone is 8. The molecule has 6 aromatic heterocycles. The van der Waals surface area contributed by atoms with Crippen molar-refractivity contribution in [2.24, 2.45) is 0 Å². The lowest BCUT2D eigenvalue weighted by Crippen LogP contribution is -2.00. The molecule has 19 rings (SSSR count). The van der Waals surface area contributed by atoms with Crippen molar-refractivity contribution in [1.29, 1.82) is 0 Å². The second-order valence-corrected chi connectivity index (χ2v) is 26.4. The van der Waals surface area contributed by atoms with E-state index in [9.17, 15) is 0 Å². The predicted octanol–water partition coefficient (Wildman–Crippen LogP) is 24.4. The maximum Gasteiger partial charge on any atom is 0.160 e. The van der Waals surface area contributed by atoms with Crippen molar-refractivity contribution in [1.82, 2.24) is 39.9 Å². The molecule has 2 aliphatic carbocycles. The highest BCUT2D eigenvalue weighted by molar-refractivity contribution is 6.23. The summed E-state index contributed by atoms with van der Waals surface area (Å²) in [7, 11) is 0. The molecule has 2 aliphatic rings. The molecule has 0 unspecified atom stereocenters. The number of pyridine rings is 4. The zero-order valence-corrected chi connectivity index (χ0v) is 56.9. The van der Waals surface area contributed by atoms with Gasteiger partial charge in [-0.2, -0.15) is 0 Å². The number of hydrogen-bond donors (Lipinski definition) is 0. The molecular weight excluding hydrogens is 1270 g/mol. The predicted molar refractivity (Wildman–Crippen MR) is 430 cm³/mol. The molecule has 8 nitrogen and oxygen atoms in total. The largest absolute Gasteiger partial charge is 0.264 e. The third-order valence-electron chi connectivity index (χ3n) is 20.0. The molecule has 8 heteroatoms. The summed E-state index contributed by atoms with van der Waals surface area (Å²) in [5.41, 5.74) is 24.8. The normalized spacial score (nSPS) is 12.7. The molecule has 104 heavy (non-hydrogen) atoms. The van der Waals surface area contributed by atoms with Crippen molar-refractivity contribution in [2.75, 3.05) is 0 Å². The topological polar surface area (TPSA) is 103 Å². The molecule has 490 valence electrons. The second-order valence-electron chi connectivity index (χ2n) is 26.4. The van der Waals surface area contributed by atoms with E-state index in [1.54, 1.807) is 12.4 Å². The first kappa shape index (κ1) is 62.7. The van der Waals surface area contributed by atoms with Gasteiger partial charge in [0, 0.05) is 93.3 Å². The molecule has 17 aromatic rings. The molecule has 11 aromatic carbocycles. The van der Waals surface area contributed by atoms with Crippen molar-refractivity contribution in [3.63, 3.8) is 0 Å². The third-order valence-corrected chi connectivity index (χ3v) is 20.0. The lowest BCUT2D eigenvalue weighted by Gasteiger charge is -2.18. The van der Waals surface area contributed by atoms with Crippen LogP contribution in [0, 0.1) is 0 Å². The summed E-state index contributed by atoms with van der Waals surface area (Å²) in [6.45, 7) is 0. The van der Waals surface area contributed by atoms with Crippen molar-refractivity contribution >= 4 is 65.1 Å². The molecule has 0 fully saturated rings. The van der Waals surface area contributed by atoms with Crippen LogP contribution in [0.25, 0.3) is 177 Å². The lowest BCUT2D eigenvalue weighted by atomic mass is 9.86. The summed E-state index contributed by atoms with van der Waals surface area (Å²) in [6.07, 6.45) is 30.2. The molecule has 6 heterocycles. The third kappa shape index (κ3) is 12.3. The first-order chi connectivity index (χ1) is 51.6. The molecule has 0 bridgehead atoms. The SMILES string of the molecule is C1=CCCC(c2cc(-c3cccc(-c4cccnc4)c3)nc(-c3cccc(-c4c5ccccc5c(-c5cccnc5)c5ccccc45)c3)n2)=C1.C1=CCCC(c2cc(-c3cccc(-c4cccnc4)c3)nc(-c3cccc(-c4c5ccccc5c(-c5cnc6ccccc6c5)c5ccccc45)c3)n2)=C1. The maximum absolute atomic E-state index is 5.26. The fraction of sp³-hybridized carbons (Fsp3) is 0.0417.